The van der Waals surface area contributed by atoms with Crippen LogP contribution in [0.4, 0.5) is 0 Å². The Bertz CT molecular complexity index is 424. The third-order valence-electron chi connectivity index (χ3n) is 3.22. The van der Waals surface area contributed by atoms with Gasteiger partial charge < -0.3 is 10.5 Å². The standard InChI is InChI=1S/C14H25N3O2/c1-5-11-10-12(6-2)17(16-11)9-8-14(4,15)13(18)19-7-3/h10H,5-9,15H2,1-4H3. The Morgan fingerprint density at radius 1 is 1.42 bits per heavy atom. The molecule has 1 aromatic heterocycles. The van der Waals surface area contributed by atoms with E-state index in [0.29, 0.717) is 19.6 Å². The van der Waals surface area contributed by atoms with Crippen LogP contribution in [0.2, 0.25) is 0 Å². The Morgan fingerprint density at radius 2 is 2.11 bits per heavy atom. The zero-order chi connectivity index (χ0) is 14.5. The Labute approximate surface area is 115 Å². The topological polar surface area (TPSA) is 70.1 Å². The fourth-order valence-corrected chi connectivity index (χ4v) is 1.90. The Balaban J connectivity index is 2.70. The second kappa shape index (κ2) is 6.70. The molecule has 0 amide bonds. The molecule has 5 nitrogen and oxygen atoms in total. The average Bonchev–Trinajstić information content (AvgIpc) is 2.79. The van der Waals surface area contributed by atoms with Crippen LogP contribution in [0.15, 0.2) is 6.07 Å². The van der Waals surface area contributed by atoms with Gasteiger partial charge in [-0.2, -0.15) is 5.10 Å². The molecular formula is C14H25N3O2. The molecule has 1 atom stereocenters. The lowest BCUT2D eigenvalue weighted by atomic mass is 10.00. The van der Waals surface area contributed by atoms with Crippen LogP contribution < -0.4 is 5.73 Å². The highest BCUT2D eigenvalue weighted by molar-refractivity contribution is 5.79. The highest BCUT2D eigenvalue weighted by atomic mass is 16.5. The average molecular weight is 267 g/mol. The van der Waals surface area contributed by atoms with Gasteiger partial charge in [-0.1, -0.05) is 13.8 Å². The number of esters is 1. The van der Waals surface area contributed by atoms with Crippen molar-refractivity contribution in [2.45, 2.75) is 59.0 Å². The van der Waals surface area contributed by atoms with Crippen molar-refractivity contribution in [3.8, 4) is 0 Å². The van der Waals surface area contributed by atoms with Gasteiger partial charge in [-0.05, 0) is 39.2 Å². The summed E-state index contributed by atoms with van der Waals surface area (Å²) in [5.41, 5.74) is 7.30. The van der Waals surface area contributed by atoms with Crippen LogP contribution in [-0.4, -0.2) is 27.9 Å². The SMILES string of the molecule is CCOC(=O)C(C)(N)CCn1nc(CC)cc1CC. The second-order valence-corrected chi connectivity index (χ2v) is 4.95. The summed E-state index contributed by atoms with van der Waals surface area (Å²) >= 11 is 0. The third kappa shape index (κ3) is 4.06. The fraction of sp³-hybridized carbons (Fsp3) is 0.714. The van der Waals surface area contributed by atoms with Crippen LogP contribution in [0, 0.1) is 0 Å². The summed E-state index contributed by atoms with van der Waals surface area (Å²) in [5, 5.41) is 4.52. The van der Waals surface area contributed by atoms with Crippen molar-refractivity contribution >= 4 is 5.97 Å². The molecule has 0 saturated carbocycles. The number of carbonyl (C=O) groups excluding carboxylic acids is 1. The monoisotopic (exact) mass is 267 g/mol. The molecule has 1 aromatic rings. The van der Waals surface area contributed by atoms with E-state index in [2.05, 4.69) is 25.0 Å². The molecule has 0 bridgehead atoms. The van der Waals surface area contributed by atoms with E-state index in [1.165, 1.54) is 5.69 Å². The third-order valence-corrected chi connectivity index (χ3v) is 3.22. The lowest BCUT2D eigenvalue weighted by molar-refractivity contribution is -0.149. The number of ether oxygens (including phenoxy) is 1. The molecule has 5 heteroatoms. The summed E-state index contributed by atoms with van der Waals surface area (Å²) in [6.45, 7) is 8.66. The number of aryl methyl sites for hydroxylation is 3. The molecule has 2 N–H and O–H groups in total. The van der Waals surface area contributed by atoms with Gasteiger partial charge in [-0.25, -0.2) is 0 Å². The molecule has 0 fully saturated rings. The summed E-state index contributed by atoms with van der Waals surface area (Å²) in [7, 11) is 0. The van der Waals surface area contributed by atoms with Crippen molar-refractivity contribution in [2.75, 3.05) is 6.61 Å². The summed E-state index contributed by atoms with van der Waals surface area (Å²) in [4.78, 5) is 11.7. The molecule has 1 rings (SSSR count). The summed E-state index contributed by atoms with van der Waals surface area (Å²) < 4.78 is 6.93. The van der Waals surface area contributed by atoms with E-state index in [9.17, 15) is 4.79 Å². The molecule has 0 spiro atoms. The lowest BCUT2D eigenvalue weighted by Crippen LogP contribution is -2.47. The first-order valence-electron chi connectivity index (χ1n) is 6.96. The molecule has 1 unspecified atom stereocenters. The van der Waals surface area contributed by atoms with Gasteiger partial charge in [0.25, 0.3) is 0 Å². The largest absolute Gasteiger partial charge is 0.465 e. The van der Waals surface area contributed by atoms with E-state index in [1.807, 2.05) is 4.68 Å². The van der Waals surface area contributed by atoms with Crippen molar-refractivity contribution in [1.82, 2.24) is 9.78 Å². The number of hydrogen-bond acceptors (Lipinski definition) is 4. The molecule has 0 radical (unpaired) electrons. The van der Waals surface area contributed by atoms with Crippen molar-refractivity contribution in [3.63, 3.8) is 0 Å². The van der Waals surface area contributed by atoms with Crippen LogP contribution in [-0.2, 0) is 28.9 Å². The maximum absolute atomic E-state index is 11.7. The van der Waals surface area contributed by atoms with Gasteiger partial charge in [0.05, 0.1) is 12.3 Å². The van der Waals surface area contributed by atoms with Crippen LogP contribution in [0.1, 0.15) is 45.5 Å². The normalized spacial score (nSPS) is 14.2. The molecule has 0 aliphatic rings. The van der Waals surface area contributed by atoms with Crippen molar-refractivity contribution in [3.05, 3.63) is 17.5 Å². The predicted octanol–water partition coefficient (Wildman–Crippen LogP) is 1.68. The summed E-state index contributed by atoms with van der Waals surface area (Å²) in [5.74, 6) is -0.351. The zero-order valence-corrected chi connectivity index (χ0v) is 12.4. The number of nitrogens with two attached hydrogens (primary N) is 1. The maximum atomic E-state index is 11.7. The number of hydrogen-bond donors (Lipinski definition) is 1. The fourth-order valence-electron chi connectivity index (χ4n) is 1.90. The van der Waals surface area contributed by atoms with Gasteiger partial charge in [-0.15, -0.1) is 0 Å². The highest BCUT2D eigenvalue weighted by Crippen LogP contribution is 2.13. The molecule has 0 aliphatic carbocycles. The van der Waals surface area contributed by atoms with E-state index in [4.69, 9.17) is 10.5 Å². The number of aromatic nitrogens is 2. The summed E-state index contributed by atoms with van der Waals surface area (Å²) in [6, 6.07) is 2.11. The van der Waals surface area contributed by atoms with Gasteiger partial charge in [0, 0.05) is 12.2 Å². The first kappa shape index (κ1) is 15.7. The Morgan fingerprint density at radius 3 is 2.63 bits per heavy atom. The van der Waals surface area contributed by atoms with E-state index in [0.717, 1.165) is 18.5 Å². The molecular weight excluding hydrogens is 242 g/mol. The lowest BCUT2D eigenvalue weighted by Gasteiger charge is -2.22. The van der Waals surface area contributed by atoms with Crippen LogP contribution in [0.25, 0.3) is 0 Å². The second-order valence-electron chi connectivity index (χ2n) is 4.95. The first-order chi connectivity index (χ1) is 8.94. The van der Waals surface area contributed by atoms with Gasteiger partial charge >= 0.3 is 5.97 Å². The Kier molecular flexibility index (Phi) is 5.54. The minimum atomic E-state index is -0.959. The first-order valence-corrected chi connectivity index (χ1v) is 6.96. The molecule has 19 heavy (non-hydrogen) atoms. The van der Waals surface area contributed by atoms with E-state index in [-0.39, 0.29) is 5.97 Å². The molecule has 108 valence electrons. The van der Waals surface area contributed by atoms with Gasteiger partial charge in [0.1, 0.15) is 5.54 Å². The van der Waals surface area contributed by atoms with Crippen LogP contribution in [0.3, 0.4) is 0 Å². The summed E-state index contributed by atoms with van der Waals surface area (Å²) in [6.07, 6.45) is 2.36. The van der Waals surface area contributed by atoms with Crippen molar-refractivity contribution in [2.24, 2.45) is 5.73 Å². The van der Waals surface area contributed by atoms with E-state index < -0.39 is 5.54 Å². The number of carbonyl (C=O) groups is 1. The molecule has 0 aliphatic heterocycles. The smallest absolute Gasteiger partial charge is 0.325 e. The van der Waals surface area contributed by atoms with E-state index in [1.54, 1.807) is 13.8 Å². The highest BCUT2D eigenvalue weighted by Gasteiger charge is 2.29. The minimum Gasteiger partial charge on any atom is -0.465 e. The molecule has 0 aromatic carbocycles. The number of nitrogens with zero attached hydrogens (tertiary/aromatic N) is 2. The number of rotatable bonds is 7. The van der Waals surface area contributed by atoms with E-state index >= 15 is 0 Å². The molecule has 0 saturated heterocycles. The van der Waals surface area contributed by atoms with Gasteiger partial charge in [0.2, 0.25) is 0 Å². The van der Waals surface area contributed by atoms with Gasteiger partial charge in [0.15, 0.2) is 0 Å². The minimum absolute atomic E-state index is 0.351. The van der Waals surface area contributed by atoms with Crippen LogP contribution in [0.5, 0.6) is 0 Å². The molecule has 1 heterocycles. The predicted molar refractivity (Wildman–Crippen MR) is 74.8 cm³/mol. The van der Waals surface area contributed by atoms with Gasteiger partial charge in [-0.3, -0.25) is 9.48 Å². The maximum Gasteiger partial charge on any atom is 0.325 e. The quantitative estimate of drug-likeness (QED) is 0.763. The van der Waals surface area contributed by atoms with Crippen molar-refractivity contribution < 1.29 is 9.53 Å². The van der Waals surface area contributed by atoms with Crippen molar-refractivity contribution in [1.29, 1.82) is 0 Å². The zero-order valence-electron chi connectivity index (χ0n) is 12.4. The van der Waals surface area contributed by atoms with Crippen LogP contribution >= 0.6 is 0 Å². The Hall–Kier alpha value is -1.36.